The second-order valence-electron chi connectivity index (χ2n) is 26.2. The number of nitrogens with one attached hydrogen (secondary N) is 2. The van der Waals surface area contributed by atoms with Gasteiger partial charge < -0.3 is 36.4 Å². The summed E-state index contributed by atoms with van der Waals surface area (Å²) in [7, 11) is 0. The van der Waals surface area contributed by atoms with Gasteiger partial charge in [-0.25, -0.2) is 41.9 Å². The lowest BCUT2D eigenvalue weighted by molar-refractivity contribution is -0.116. The Kier molecular flexibility index (Phi) is 21.8. The Bertz CT molecular complexity index is 5340. The number of carbonyl (C=O) groups is 4. The lowest BCUT2D eigenvalue weighted by Gasteiger charge is -2.19. The number of amides is 1. The number of carboxylic acids is 3. The van der Waals surface area contributed by atoms with Crippen molar-refractivity contribution in [3.8, 4) is 62.0 Å². The lowest BCUT2D eigenvalue weighted by Crippen LogP contribution is -2.20. The van der Waals surface area contributed by atoms with Gasteiger partial charge in [-0.15, -0.1) is 20.5 Å². The Balaban J connectivity index is 0.000000141. The fourth-order valence-corrected chi connectivity index (χ4v) is 13.3. The molecule has 9 aromatic carbocycles. The van der Waals surface area contributed by atoms with E-state index < -0.39 is 46.5 Å². The number of carbonyl (C=O) groups excluding carboxylic acids is 1. The quantitative estimate of drug-likeness (QED) is 0.0295. The second-order valence-corrected chi connectivity index (χ2v) is 26.2. The van der Waals surface area contributed by atoms with Crippen molar-refractivity contribution in [2.45, 2.75) is 104 Å². The highest BCUT2D eigenvalue weighted by atomic mass is 19.1. The molecule has 107 heavy (non-hydrogen) atoms. The summed E-state index contributed by atoms with van der Waals surface area (Å²) >= 11 is 0. The predicted octanol–water partition coefficient (Wildman–Crippen LogP) is 17.1. The number of hydrogen-bond acceptors (Lipinski definition) is 15. The molecule has 0 saturated carbocycles. The first kappa shape index (κ1) is 73.5. The molecule has 1 aliphatic heterocycles. The Morgan fingerprint density at radius 2 is 0.776 bits per heavy atom. The van der Waals surface area contributed by atoms with E-state index in [0.717, 1.165) is 106 Å². The van der Waals surface area contributed by atoms with Crippen LogP contribution in [0.25, 0.3) is 44.8 Å². The molecule has 10 N–H and O–H groups in total. The first-order chi connectivity index (χ1) is 51.3. The van der Waals surface area contributed by atoms with Crippen molar-refractivity contribution in [1.82, 2.24) is 19.6 Å². The summed E-state index contributed by atoms with van der Waals surface area (Å²) < 4.78 is 44.8. The van der Waals surface area contributed by atoms with E-state index in [1.165, 1.54) is 117 Å². The van der Waals surface area contributed by atoms with Crippen LogP contribution in [0.15, 0.2) is 199 Å². The van der Waals surface area contributed by atoms with Crippen LogP contribution in [0.5, 0.6) is 17.2 Å². The number of nitrogen functional groups attached to an aromatic ring is 1. The Morgan fingerprint density at radius 3 is 1.14 bits per heavy atom. The Labute approximate surface area is 609 Å². The van der Waals surface area contributed by atoms with Crippen LogP contribution in [0.3, 0.4) is 0 Å². The van der Waals surface area contributed by atoms with Crippen molar-refractivity contribution in [3.05, 3.63) is 263 Å². The molecule has 0 atom stereocenters. The van der Waals surface area contributed by atoms with Gasteiger partial charge in [0.05, 0.1) is 57.2 Å². The number of aryl methyl sites for hydroxylation is 8. The number of hydrogen-bond donors (Lipinski definition) is 9. The van der Waals surface area contributed by atoms with Crippen LogP contribution in [0, 0.1) is 31.3 Å². The number of aromatic nitrogens is 4. The maximum atomic E-state index is 14.4. The van der Waals surface area contributed by atoms with E-state index in [4.69, 9.17) is 10.8 Å². The van der Waals surface area contributed by atoms with Crippen molar-refractivity contribution < 1.29 is 63.0 Å². The number of carboxylic acid groups (broad SMARTS) is 3. The van der Waals surface area contributed by atoms with E-state index in [2.05, 4.69) is 47.9 Å². The number of nitrogens with two attached hydrogens (primary N) is 1. The minimum Gasteiger partial charge on any atom is -0.505 e. The summed E-state index contributed by atoms with van der Waals surface area (Å²) in [4.78, 5) is 71.4. The zero-order chi connectivity index (χ0) is 75.9. The molecule has 0 saturated heterocycles. The number of fused-ring (bicyclic) bond motifs is 3. The lowest BCUT2D eigenvalue weighted by atomic mass is 9.91. The number of rotatable bonds is 13. The predicted molar refractivity (Wildman–Crippen MR) is 398 cm³/mol. The highest BCUT2D eigenvalue weighted by Gasteiger charge is 2.25. The van der Waals surface area contributed by atoms with Crippen LogP contribution in [-0.4, -0.2) is 79.7 Å². The molecule has 3 heterocycles. The number of benzene rings is 9. The van der Waals surface area contributed by atoms with Crippen LogP contribution in [0.4, 0.5) is 47.3 Å². The van der Waals surface area contributed by atoms with Crippen LogP contribution in [0.1, 0.15) is 128 Å². The molecule has 1 amide bonds. The number of phenolic OH excluding ortho intramolecular Hbond substituents is 3. The Morgan fingerprint density at radius 1 is 0.430 bits per heavy atom. The molecular weight excluding hydrogens is 1380 g/mol. The highest BCUT2D eigenvalue weighted by molar-refractivity contribution is 6.12. The molecule has 11 aromatic rings. The third kappa shape index (κ3) is 16.6. The number of nitrogens with zero attached hydrogens (tertiary/aromatic N) is 8. The zero-order valence-electron chi connectivity index (χ0n) is 58.2. The van der Waals surface area contributed by atoms with Gasteiger partial charge in [-0.2, -0.15) is 5.10 Å². The third-order valence-electron chi connectivity index (χ3n) is 18.7. The molecule has 0 unspecified atom stereocenters. The third-order valence-corrected chi connectivity index (χ3v) is 18.7. The summed E-state index contributed by atoms with van der Waals surface area (Å²) in [5.74, 6) is -6.34. The number of anilines is 2. The average Bonchev–Trinajstić information content (AvgIpc) is 1.77. The summed E-state index contributed by atoms with van der Waals surface area (Å²) in [6.07, 6.45) is 13.9. The van der Waals surface area contributed by atoms with Gasteiger partial charge in [0.2, 0.25) is 0 Å². The van der Waals surface area contributed by atoms with E-state index in [0.29, 0.717) is 45.9 Å². The summed E-state index contributed by atoms with van der Waals surface area (Å²) in [6, 6.07) is 41.8. The molecule has 26 heteroatoms. The first-order valence-electron chi connectivity index (χ1n) is 34.4. The van der Waals surface area contributed by atoms with Crippen molar-refractivity contribution in [2.24, 2.45) is 25.6 Å². The summed E-state index contributed by atoms with van der Waals surface area (Å²) in [5, 5.41) is 86.5. The van der Waals surface area contributed by atoms with E-state index in [1.54, 1.807) is 37.1 Å². The van der Waals surface area contributed by atoms with Gasteiger partial charge in [-0.3, -0.25) is 24.6 Å². The first-order valence-corrected chi connectivity index (χ1v) is 34.4. The molecule has 0 bridgehead atoms. The number of aromatic hydroxyl groups is 3. The fraction of sp³-hybridized carbons (Fsp3) is 0.198. The second kappa shape index (κ2) is 31.8. The minimum absolute atomic E-state index is 0.00925. The number of azo groups is 2. The molecule has 23 nitrogen and oxygen atoms in total. The summed E-state index contributed by atoms with van der Waals surface area (Å²) in [6.45, 7) is 5.26. The standard InChI is InChI=1S/2C27H23FN4O4.C14H16N2O.C13H10FNO3/c2*1-15-24(26(34)32(31-15)21-10-9-16-5-2-3-6-17(16)12-21)30-29-23-14-20(28)13-22(25(23)33)18-7-4-8-19(11-18)27(35)36;1-10-8-14(17)16(15-10)13-7-6-11-4-2-3-5-12(11)9-13;14-9-5-10(12(16)11(15)6-9)7-2-1-3-8(4-7)13(17)18/h2*4,7-14,31,33H,2-3,5-6H2,1H3,(H,35,36);6-7,9H,2-5,8H2,1H3;1-6,16H,15H2,(H,17,18). The van der Waals surface area contributed by atoms with E-state index >= 15 is 0 Å². The van der Waals surface area contributed by atoms with Crippen molar-refractivity contribution in [3.63, 3.8) is 0 Å². The van der Waals surface area contributed by atoms with Gasteiger partial charge in [0.15, 0.2) is 22.9 Å². The maximum Gasteiger partial charge on any atom is 0.335 e. The van der Waals surface area contributed by atoms with Crippen molar-refractivity contribution in [1.29, 1.82) is 0 Å². The van der Waals surface area contributed by atoms with Crippen LogP contribution in [0.2, 0.25) is 0 Å². The van der Waals surface area contributed by atoms with Gasteiger partial charge >= 0.3 is 17.9 Å². The number of aromatic carboxylic acids is 3. The van der Waals surface area contributed by atoms with Gasteiger partial charge in [-0.05, 0) is 239 Å². The van der Waals surface area contributed by atoms with Gasteiger partial charge in [0.1, 0.15) is 34.6 Å². The number of H-pyrrole nitrogens is 2. The van der Waals surface area contributed by atoms with Crippen LogP contribution < -0.4 is 21.9 Å². The molecule has 4 aliphatic rings. The molecule has 2 aromatic heterocycles. The average molecular weight is 1450 g/mol. The van der Waals surface area contributed by atoms with E-state index in [9.17, 15) is 67.5 Å². The molecule has 0 fully saturated rings. The summed E-state index contributed by atoms with van der Waals surface area (Å²) in [5.41, 5.74) is 17.5. The van der Waals surface area contributed by atoms with E-state index in [-0.39, 0.29) is 85.0 Å². The molecule has 0 radical (unpaired) electrons. The topological polar surface area (TPSA) is 356 Å². The number of phenols is 3. The molecular formula is C81H72F3N11O12. The normalized spacial score (nSPS) is 13.6. The van der Waals surface area contributed by atoms with Crippen LogP contribution >= 0.6 is 0 Å². The number of aromatic amines is 2. The minimum atomic E-state index is -1.15. The van der Waals surface area contributed by atoms with Crippen molar-refractivity contribution in [2.75, 3.05) is 10.7 Å². The van der Waals surface area contributed by atoms with Gasteiger partial charge in [-0.1, -0.05) is 54.6 Å². The monoisotopic (exact) mass is 1450 g/mol. The molecule has 544 valence electrons. The van der Waals surface area contributed by atoms with Gasteiger partial charge in [0, 0.05) is 40.6 Å². The highest BCUT2D eigenvalue weighted by Crippen LogP contribution is 2.42. The van der Waals surface area contributed by atoms with Crippen molar-refractivity contribution >= 4 is 63.7 Å². The number of halogens is 3. The maximum absolute atomic E-state index is 14.4. The van der Waals surface area contributed by atoms with Crippen LogP contribution in [-0.2, 0) is 43.3 Å². The fourth-order valence-electron chi connectivity index (χ4n) is 13.3. The smallest absolute Gasteiger partial charge is 0.335 e. The SMILES string of the molecule is CC1=NN(c2ccc3c(c2)CCCC3)C(=O)C1.Cc1[nH]n(-c2ccc3c(c2)CCCC3)c(=O)c1N=Nc1cc(F)cc(-c2cccc(C(=O)O)c2)c1O.Cc1[nH]n(-c2ccc3c(c2)CCCC3)c(=O)c1N=Nc1cc(F)cc(-c2cccc(C(=O)O)c2)c1O.Nc1cc(F)cc(-c2cccc(C(=O)O)c2)c1O. The number of hydrazone groups is 1. The largest absolute Gasteiger partial charge is 0.505 e. The zero-order valence-corrected chi connectivity index (χ0v) is 58.2. The van der Waals surface area contributed by atoms with E-state index in [1.807, 2.05) is 49.4 Å². The molecule has 0 spiro atoms. The molecule has 15 rings (SSSR count). The Hall–Kier alpha value is -13.3. The molecule has 3 aliphatic carbocycles. The van der Waals surface area contributed by atoms with Gasteiger partial charge in [0.25, 0.3) is 17.0 Å².